The summed E-state index contributed by atoms with van der Waals surface area (Å²) < 4.78 is 45.8. The number of rotatable bonds is 7. The molecule has 0 spiro atoms. The van der Waals surface area contributed by atoms with Crippen LogP contribution in [0.1, 0.15) is 98.5 Å². The van der Waals surface area contributed by atoms with Crippen LogP contribution < -0.4 is 21.3 Å². The van der Waals surface area contributed by atoms with E-state index in [1.54, 1.807) is 0 Å². The Labute approximate surface area is 285 Å². The van der Waals surface area contributed by atoms with Crippen molar-refractivity contribution in [1.29, 1.82) is 0 Å². The van der Waals surface area contributed by atoms with Crippen LogP contribution in [0.3, 0.4) is 0 Å². The van der Waals surface area contributed by atoms with Gasteiger partial charge in [0.05, 0.1) is 23.2 Å². The maximum absolute atomic E-state index is 13.9. The van der Waals surface area contributed by atoms with E-state index in [-0.39, 0.29) is 58.6 Å². The average molecular weight is 690 g/mol. The Morgan fingerprint density at radius 1 is 0.898 bits per heavy atom. The molecule has 1 aliphatic heterocycles. The molecule has 3 amide bonds. The zero-order valence-electron chi connectivity index (χ0n) is 29.2. The molecule has 0 radical (unpaired) electrons. The van der Waals surface area contributed by atoms with Crippen LogP contribution in [0.4, 0.5) is 23.8 Å². The summed E-state index contributed by atoms with van der Waals surface area (Å²) in [4.78, 5) is 50.0. The number of hydrogen-bond acceptors (Lipinski definition) is 8. The smallest absolute Gasteiger partial charge is 0.416 e. The second-order valence-corrected chi connectivity index (χ2v) is 15.8. The highest BCUT2D eigenvalue weighted by molar-refractivity contribution is 5.93. The van der Waals surface area contributed by atoms with Crippen molar-refractivity contribution in [2.45, 2.75) is 140 Å². The number of carbonyl (C=O) groups excluding carboxylic acids is 3. The van der Waals surface area contributed by atoms with E-state index in [9.17, 15) is 27.6 Å². The molecule has 11 nitrogen and oxygen atoms in total. The van der Waals surface area contributed by atoms with Crippen LogP contribution in [0.15, 0.2) is 24.5 Å². The maximum atomic E-state index is 13.9. The minimum absolute atomic E-state index is 0.0450. The van der Waals surface area contributed by atoms with Crippen molar-refractivity contribution in [1.82, 2.24) is 30.8 Å². The van der Waals surface area contributed by atoms with E-state index in [4.69, 9.17) is 4.74 Å². The van der Waals surface area contributed by atoms with E-state index < -0.39 is 29.5 Å². The Bertz CT molecular complexity index is 1520. The topological polar surface area (TPSA) is 138 Å². The van der Waals surface area contributed by atoms with Gasteiger partial charge in [-0.25, -0.2) is 14.8 Å². The van der Waals surface area contributed by atoms with Gasteiger partial charge in [0.15, 0.2) is 0 Å². The molecule has 4 atom stereocenters. The van der Waals surface area contributed by atoms with Crippen LogP contribution in [0.25, 0.3) is 10.9 Å². The number of nitrogens with zero attached hydrogens (tertiary/aromatic N) is 3. The van der Waals surface area contributed by atoms with Gasteiger partial charge in [-0.1, -0.05) is 0 Å². The van der Waals surface area contributed by atoms with Crippen molar-refractivity contribution in [3.05, 3.63) is 30.1 Å². The molecule has 5 rings (SSSR count). The van der Waals surface area contributed by atoms with Gasteiger partial charge in [0.25, 0.3) is 0 Å². The van der Waals surface area contributed by atoms with E-state index in [1.807, 2.05) is 25.7 Å². The lowest BCUT2D eigenvalue weighted by Crippen LogP contribution is -2.60. The van der Waals surface area contributed by atoms with E-state index >= 15 is 0 Å². The molecule has 270 valence electrons. The molecule has 4 N–H and O–H groups in total. The Hall–Kier alpha value is -3.68. The van der Waals surface area contributed by atoms with Gasteiger partial charge < -0.3 is 30.9 Å². The predicted molar refractivity (Wildman–Crippen MR) is 180 cm³/mol. The van der Waals surface area contributed by atoms with Gasteiger partial charge in [0.2, 0.25) is 11.8 Å². The molecule has 49 heavy (non-hydrogen) atoms. The number of nitrogens with one attached hydrogen (secondary N) is 4. The fraction of sp³-hybridized carbons (Fsp3) is 0.686. The van der Waals surface area contributed by atoms with Crippen molar-refractivity contribution < 1.29 is 32.3 Å². The molecule has 0 unspecified atom stereocenters. The summed E-state index contributed by atoms with van der Waals surface area (Å²) in [5.41, 5.74) is -1.19. The molecular formula is C35H50F3N7O4. The number of aromatic nitrogens is 2. The first kappa shape index (κ1) is 36.6. The largest absolute Gasteiger partial charge is 0.444 e. The van der Waals surface area contributed by atoms with Gasteiger partial charge >= 0.3 is 12.3 Å². The van der Waals surface area contributed by atoms with E-state index in [2.05, 4.69) is 52.0 Å². The van der Waals surface area contributed by atoms with E-state index in [0.717, 1.165) is 18.6 Å². The molecule has 2 heterocycles. The fourth-order valence-electron chi connectivity index (χ4n) is 7.38. The number of halogens is 3. The first-order valence-electron chi connectivity index (χ1n) is 17.3. The Balaban J connectivity index is 1.25. The second kappa shape index (κ2) is 14.3. The number of likely N-dealkylation sites (tertiary alicyclic amines) is 1. The zero-order chi connectivity index (χ0) is 35.7. The number of fused-ring (bicyclic) bond motifs is 1. The third-order valence-corrected chi connectivity index (χ3v) is 9.51. The SMILES string of the molecule is CC(C)(C)N[C@@H]1CC[C@H](N2CC[C@H](Nc3ncnc4ccc(C(F)(F)F)cc34)C2=O)[C@H](NC(=O)C2CCC(NC(=O)OC(C)(C)C)CC2)C1. The summed E-state index contributed by atoms with van der Waals surface area (Å²) in [7, 11) is 0. The highest BCUT2D eigenvalue weighted by Crippen LogP contribution is 2.34. The summed E-state index contributed by atoms with van der Waals surface area (Å²) in [6.07, 6.45) is 1.49. The number of hydrogen-bond donors (Lipinski definition) is 4. The monoisotopic (exact) mass is 689 g/mol. The second-order valence-electron chi connectivity index (χ2n) is 15.8. The molecule has 1 saturated heterocycles. The van der Waals surface area contributed by atoms with E-state index in [1.165, 1.54) is 12.4 Å². The average Bonchev–Trinajstić information content (AvgIpc) is 3.34. The lowest BCUT2D eigenvalue weighted by Gasteiger charge is -2.43. The van der Waals surface area contributed by atoms with Crippen molar-refractivity contribution in [2.24, 2.45) is 5.92 Å². The van der Waals surface area contributed by atoms with Crippen LogP contribution in [0.5, 0.6) is 0 Å². The van der Waals surface area contributed by atoms with Crippen molar-refractivity contribution in [2.75, 3.05) is 11.9 Å². The number of amides is 3. The van der Waals surface area contributed by atoms with Crippen molar-refractivity contribution >= 4 is 34.6 Å². The third kappa shape index (κ3) is 9.52. The highest BCUT2D eigenvalue weighted by Gasteiger charge is 2.44. The molecule has 0 bridgehead atoms. The van der Waals surface area contributed by atoms with Gasteiger partial charge in [-0.15, -0.1) is 0 Å². The normalized spacial score (nSPS) is 26.8. The van der Waals surface area contributed by atoms with Gasteiger partial charge in [-0.3, -0.25) is 9.59 Å². The number of alkyl halides is 3. The van der Waals surface area contributed by atoms with Crippen LogP contribution in [-0.4, -0.2) is 80.7 Å². The van der Waals surface area contributed by atoms with Gasteiger partial charge in [0, 0.05) is 35.5 Å². The fourth-order valence-corrected chi connectivity index (χ4v) is 7.38. The Morgan fingerprint density at radius 3 is 2.24 bits per heavy atom. The molecule has 3 aliphatic rings. The first-order chi connectivity index (χ1) is 22.9. The van der Waals surface area contributed by atoms with Gasteiger partial charge in [-0.05, 0) is 111 Å². The third-order valence-electron chi connectivity index (χ3n) is 9.51. The Morgan fingerprint density at radius 2 is 1.59 bits per heavy atom. The number of benzene rings is 1. The molecule has 14 heteroatoms. The molecular weight excluding hydrogens is 639 g/mol. The maximum Gasteiger partial charge on any atom is 0.416 e. The summed E-state index contributed by atoms with van der Waals surface area (Å²) in [5.74, 6) is -0.240. The van der Waals surface area contributed by atoms with Crippen molar-refractivity contribution in [3.63, 3.8) is 0 Å². The summed E-state index contributed by atoms with van der Waals surface area (Å²) in [6.45, 7) is 12.2. The van der Waals surface area contributed by atoms with Gasteiger partial charge in [-0.2, -0.15) is 13.2 Å². The molecule has 1 aromatic heterocycles. The molecule has 3 fully saturated rings. The summed E-state index contributed by atoms with van der Waals surface area (Å²) in [6, 6.07) is 2.19. The zero-order valence-corrected chi connectivity index (χ0v) is 29.2. The van der Waals surface area contributed by atoms with Crippen LogP contribution in [0.2, 0.25) is 0 Å². The van der Waals surface area contributed by atoms with Gasteiger partial charge in [0.1, 0.15) is 23.8 Å². The van der Waals surface area contributed by atoms with Crippen LogP contribution >= 0.6 is 0 Å². The Kier molecular flexibility index (Phi) is 10.7. The molecule has 2 aromatic rings. The highest BCUT2D eigenvalue weighted by atomic mass is 19.4. The standard InChI is InChI=1S/C35H50F3N7O4/c1-33(2,3)44-23-12-14-28(27(18-23)43-30(46)20-7-10-22(11-8-20)41-32(48)49-34(4,5)6)45-16-15-26(31(45)47)42-29-24-17-21(35(36,37)38)9-13-25(24)39-19-40-29/h9,13,17,19-20,22-23,26-28,44H,7-8,10-12,14-16,18H2,1-6H3,(H,41,48)(H,43,46)(H,39,40,42)/t20?,22?,23-,26+,27-,28+/m1/s1. The van der Waals surface area contributed by atoms with Crippen LogP contribution in [0, 0.1) is 5.92 Å². The minimum Gasteiger partial charge on any atom is -0.444 e. The van der Waals surface area contributed by atoms with E-state index in [0.29, 0.717) is 57.0 Å². The number of carbonyl (C=O) groups is 3. The molecule has 2 saturated carbocycles. The first-order valence-corrected chi connectivity index (χ1v) is 17.3. The molecule has 1 aromatic carbocycles. The predicted octanol–water partition coefficient (Wildman–Crippen LogP) is 5.54. The quantitative estimate of drug-likeness (QED) is 0.298. The lowest BCUT2D eigenvalue weighted by molar-refractivity contribution is -0.137. The molecule has 2 aliphatic carbocycles. The number of alkyl carbamates (subject to hydrolysis) is 1. The van der Waals surface area contributed by atoms with Crippen LogP contribution in [-0.2, 0) is 20.5 Å². The summed E-state index contributed by atoms with van der Waals surface area (Å²) in [5, 5.41) is 13.2. The summed E-state index contributed by atoms with van der Waals surface area (Å²) >= 11 is 0. The number of ether oxygens (including phenoxy) is 1. The number of anilines is 1. The van der Waals surface area contributed by atoms with Crippen molar-refractivity contribution in [3.8, 4) is 0 Å². The lowest BCUT2D eigenvalue weighted by atomic mass is 9.82. The minimum atomic E-state index is -4.53.